The highest BCUT2D eigenvalue weighted by atomic mass is 35.5. The standard InChI is InChI=1S/C21H26ClN3O2/c1-15-7-6-8-16(13-15)21(27)23-12-11-20(26)24-14-19(25(2)3)17-9-4-5-10-18(17)22/h4-10,13,19H,11-12,14H2,1-3H3,(H,23,27)(H,24,26)/t19-/m0/s1. The van der Waals surface area contributed by atoms with Gasteiger partial charge in [-0.15, -0.1) is 0 Å². The van der Waals surface area contributed by atoms with Crippen LogP contribution in [0.15, 0.2) is 48.5 Å². The van der Waals surface area contributed by atoms with Gasteiger partial charge in [-0.1, -0.05) is 47.5 Å². The number of likely N-dealkylation sites (N-methyl/N-ethyl adjacent to an activating group) is 1. The van der Waals surface area contributed by atoms with Crippen molar-refractivity contribution in [2.24, 2.45) is 0 Å². The number of hydrogen-bond donors (Lipinski definition) is 2. The molecule has 5 nitrogen and oxygen atoms in total. The number of halogens is 1. The third-order valence-electron chi connectivity index (χ3n) is 4.30. The van der Waals surface area contributed by atoms with Crippen molar-refractivity contribution < 1.29 is 9.59 Å². The second-order valence-corrected chi connectivity index (χ2v) is 7.09. The highest BCUT2D eigenvalue weighted by Crippen LogP contribution is 2.25. The molecule has 0 saturated heterocycles. The first kappa shape index (κ1) is 20.9. The number of nitrogens with one attached hydrogen (secondary N) is 2. The van der Waals surface area contributed by atoms with Gasteiger partial charge in [0.25, 0.3) is 5.91 Å². The van der Waals surface area contributed by atoms with E-state index in [2.05, 4.69) is 10.6 Å². The number of nitrogens with zero attached hydrogens (tertiary/aromatic N) is 1. The average Bonchev–Trinajstić information content (AvgIpc) is 2.63. The van der Waals surface area contributed by atoms with Crippen molar-refractivity contribution in [3.8, 4) is 0 Å². The summed E-state index contributed by atoms with van der Waals surface area (Å²) in [5.74, 6) is -0.285. The first-order chi connectivity index (χ1) is 12.9. The zero-order valence-electron chi connectivity index (χ0n) is 16.0. The van der Waals surface area contributed by atoms with E-state index < -0.39 is 0 Å². The van der Waals surface area contributed by atoms with E-state index in [0.717, 1.165) is 11.1 Å². The molecule has 0 aliphatic rings. The molecule has 0 unspecified atom stereocenters. The molecule has 0 aliphatic heterocycles. The second-order valence-electron chi connectivity index (χ2n) is 6.68. The summed E-state index contributed by atoms with van der Waals surface area (Å²) in [5, 5.41) is 6.38. The average molecular weight is 388 g/mol. The van der Waals surface area contributed by atoms with Gasteiger partial charge in [-0.05, 0) is 44.8 Å². The number of rotatable bonds is 8. The summed E-state index contributed by atoms with van der Waals surface area (Å²) in [6.07, 6.45) is 0.222. The fourth-order valence-corrected chi connectivity index (χ4v) is 3.05. The number of amides is 2. The van der Waals surface area contributed by atoms with E-state index in [1.54, 1.807) is 6.07 Å². The molecular formula is C21H26ClN3O2. The first-order valence-corrected chi connectivity index (χ1v) is 9.28. The minimum Gasteiger partial charge on any atom is -0.354 e. The van der Waals surface area contributed by atoms with E-state index in [1.807, 2.05) is 68.4 Å². The van der Waals surface area contributed by atoms with Crippen LogP contribution < -0.4 is 10.6 Å². The van der Waals surface area contributed by atoms with Crippen molar-refractivity contribution >= 4 is 23.4 Å². The van der Waals surface area contributed by atoms with Gasteiger partial charge in [-0.3, -0.25) is 9.59 Å². The highest BCUT2D eigenvalue weighted by Gasteiger charge is 2.17. The van der Waals surface area contributed by atoms with Crippen LogP contribution in [0.3, 0.4) is 0 Å². The van der Waals surface area contributed by atoms with Crippen molar-refractivity contribution in [3.63, 3.8) is 0 Å². The molecular weight excluding hydrogens is 362 g/mol. The second kappa shape index (κ2) is 10.1. The SMILES string of the molecule is Cc1cccc(C(=O)NCCC(=O)NC[C@@H](c2ccccc2Cl)N(C)C)c1. The minimum absolute atomic E-state index is 0.0236. The number of hydrogen-bond acceptors (Lipinski definition) is 3. The van der Waals surface area contributed by atoms with E-state index in [1.165, 1.54) is 0 Å². The van der Waals surface area contributed by atoms with Crippen LogP contribution in [0.4, 0.5) is 0 Å². The Bertz CT molecular complexity index is 793. The molecule has 2 N–H and O–H groups in total. The molecule has 1 atom stereocenters. The van der Waals surface area contributed by atoms with Crippen LogP contribution >= 0.6 is 11.6 Å². The van der Waals surface area contributed by atoms with Crippen LogP contribution in [0.5, 0.6) is 0 Å². The Morgan fingerprint density at radius 2 is 1.81 bits per heavy atom. The molecule has 0 aliphatic carbocycles. The van der Waals surface area contributed by atoms with E-state index >= 15 is 0 Å². The lowest BCUT2D eigenvalue weighted by atomic mass is 10.1. The maximum atomic E-state index is 12.1. The van der Waals surface area contributed by atoms with Crippen LogP contribution in [-0.2, 0) is 4.79 Å². The maximum Gasteiger partial charge on any atom is 0.251 e. The van der Waals surface area contributed by atoms with Gasteiger partial charge in [0.2, 0.25) is 5.91 Å². The molecule has 2 amide bonds. The fourth-order valence-electron chi connectivity index (χ4n) is 2.79. The van der Waals surface area contributed by atoms with Gasteiger partial charge in [0.05, 0.1) is 6.04 Å². The zero-order chi connectivity index (χ0) is 19.8. The molecule has 0 fully saturated rings. The van der Waals surface area contributed by atoms with Gasteiger partial charge in [0, 0.05) is 30.1 Å². The summed E-state index contributed by atoms with van der Waals surface area (Å²) in [4.78, 5) is 26.3. The summed E-state index contributed by atoms with van der Waals surface area (Å²) < 4.78 is 0. The Morgan fingerprint density at radius 3 is 2.48 bits per heavy atom. The Hall–Kier alpha value is -2.37. The molecule has 0 saturated carbocycles. The number of carbonyl (C=O) groups excluding carboxylic acids is 2. The van der Waals surface area contributed by atoms with Crippen molar-refractivity contribution in [1.82, 2.24) is 15.5 Å². The van der Waals surface area contributed by atoms with Gasteiger partial charge in [-0.2, -0.15) is 0 Å². The van der Waals surface area contributed by atoms with Gasteiger partial charge in [0.1, 0.15) is 0 Å². The summed E-state index contributed by atoms with van der Waals surface area (Å²) >= 11 is 6.28. The normalized spacial score (nSPS) is 11.9. The van der Waals surface area contributed by atoms with Crippen molar-refractivity contribution in [1.29, 1.82) is 0 Å². The van der Waals surface area contributed by atoms with E-state index in [0.29, 0.717) is 17.1 Å². The van der Waals surface area contributed by atoms with Crippen LogP contribution in [-0.4, -0.2) is 43.9 Å². The molecule has 0 bridgehead atoms. The topological polar surface area (TPSA) is 61.4 Å². The number of benzene rings is 2. The third-order valence-corrected chi connectivity index (χ3v) is 4.64. The molecule has 2 rings (SSSR count). The summed E-state index contributed by atoms with van der Waals surface area (Å²) in [5.41, 5.74) is 2.59. The molecule has 6 heteroatoms. The maximum absolute atomic E-state index is 12.1. The Labute approximate surface area is 165 Å². The molecule has 144 valence electrons. The number of aryl methyl sites for hydroxylation is 1. The van der Waals surface area contributed by atoms with Gasteiger partial charge >= 0.3 is 0 Å². The molecule has 0 spiro atoms. The lowest BCUT2D eigenvalue weighted by Crippen LogP contribution is -2.36. The summed E-state index contributed by atoms with van der Waals surface area (Å²) in [7, 11) is 3.89. The van der Waals surface area contributed by atoms with E-state index in [-0.39, 0.29) is 30.8 Å². The zero-order valence-corrected chi connectivity index (χ0v) is 16.7. The summed E-state index contributed by atoms with van der Waals surface area (Å²) in [6, 6.07) is 14.9. The highest BCUT2D eigenvalue weighted by molar-refractivity contribution is 6.31. The largest absolute Gasteiger partial charge is 0.354 e. The lowest BCUT2D eigenvalue weighted by Gasteiger charge is -2.26. The van der Waals surface area contributed by atoms with Crippen LogP contribution in [0, 0.1) is 6.92 Å². The van der Waals surface area contributed by atoms with Gasteiger partial charge in [0.15, 0.2) is 0 Å². The molecule has 0 radical (unpaired) electrons. The molecule has 0 aromatic heterocycles. The summed E-state index contributed by atoms with van der Waals surface area (Å²) in [6.45, 7) is 2.67. The molecule has 0 heterocycles. The minimum atomic E-state index is -0.172. The quantitative estimate of drug-likeness (QED) is 0.731. The third kappa shape index (κ3) is 6.38. The van der Waals surface area contributed by atoms with Crippen LogP contribution in [0.25, 0.3) is 0 Å². The van der Waals surface area contributed by atoms with Crippen molar-refractivity contribution in [3.05, 3.63) is 70.2 Å². The van der Waals surface area contributed by atoms with Crippen LogP contribution in [0.1, 0.15) is 33.9 Å². The van der Waals surface area contributed by atoms with Crippen molar-refractivity contribution in [2.45, 2.75) is 19.4 Å². The smallest absolute Gasteiger partial charge is 0.251 e. The molecule has 27 heavy (non-hydrogen) atoms. The Balaban J connectivity index is 1.81. The van der Waals surface area contributed by atoms with Crippen molar-refractivity contribution in [2.75, 3.05) is 27.2 Å². The van der Waals surface area contributed by atoms with Gasteiger partial charge < -0.3 is 15.5 Å². The molecule has 2 aromatic carbocycles. The lowest BCUT2D eigenvalue weighted by molar-refractivity contribution is -0.121. The predicted molar refractivity (Wildman–Crippen MR) is 109 cm³/mol. The van der Waals surface area contributed by atoms with E-state index in [4.69, 9.17) is 11.6 Å². The Kier molecular flexibility index (Phi) is 7.82. The van der Waals surface area contributed by atoms with Gasteiger partial charge in [-0.25, -0.2) is 0 Å². The monoisotopic (exact) mass is 387 g/mol. The molecule has 2 aromatic rings. The Morgan fingerprint density at radius 1 is 1.07 bits per heavy atom. The predicted octanol–water partition coefficient (Wildman–Crippen LogP) is 3.19. The van der Waals surface area contributed by atoms with Crippen LogP contribution in [0.2, 0.25) is 5.02 Å². The van der Waals surface area contributed by atoms with E-state index in [9.17, 15) is 9.59 Å². The number of carbonyl (C=O) groups is 2. The fraction of sp³-hybridized carbons (Fsp3) is 0.333. The first-order valence-electron chi connectivity index (χ1n) is 8.91.